The first-order valence-corrected chi connectivity index (χ1v) is 7.21. The molecular formula is C15H14ClN5O2. The zero-order chi connectivity index (χ0) is 16.2. The lowest BCUT2D eigenvalue weighted by Gasteiger charge is -2.07. The zero-order valence-electron chi connectivity index (χ0n) is 12.3. The van der Waals surface area contributed by atoms with Crippen molar-refractivity contribution in [2.75, 3.05) is 5.32 Å². The van der Waals surface area contributed by atoms with Crippen molar-refractivity contribution in [3.8, 4) is 5.75 Å². The number of rotatable bonds is 5. The number of nitrogens with zero attached hydrogens (tertiary/aromatic N) is 4. The van der Waals surface area contributed by atoms with Gasteiger partial charge in [-0.1, -0.05) is 23.7 Å². The van der Waals surface area contributed by atoms with Gasteiger partial charge >= 0.3 is 0 Å². The van der Waals surface area contributed by atoms with Crippen molar-refractivity contribution in [1.82, 2.24) is 19.6 Å². The van der Waals surface area contributed by atoms with E-state index in [0.717, 1.165) is 0 Å². The molecule has 2 aromatic heterocycles. The SMILES string of the molecule is Cn1ccc(NC(=O)c2ccn(COc3ccccc3Cl)n2)n1. The van der Waals surface area contributed by atoms with E-state index in [2.05, 4.69) is 15.5 Å². The molecule has 0 spiro atoms. The van der Waals surface area contributed by atoms with Crippen molar-refractivity contribution in [2.45, 2.75) is 6.73 Å². The van der Waals surface area contributed by atoms with Gasteiger partial charge in [0.15, 0.2) is 18.2 Å². The largest absolute Gasteiger partial charge is 0.470 e. The van der Waals surface area contributed by atoms with Crippen LogP contribution in [0.5, 0.6) is 5.75 Å². The number of aromatic nitrogens is 4. The summed E-state index contributed by atoms with van der Waals surface area (Å²) in [4.78, 5) is 12.1. The van der Waals surface area contributed by atoms with Crippen LogP contribution < -0.4 is 10.1 Å². The maximum atomic E-state index is 12.1. The molecule has 0 aliphatic carbocycles. The van der Waals surface area contributed by atoms with Crippen molar-refractivity contribution in [3.63, 3.8) is 0 Å². The molecule has 0 aliphatic rings. The first-order valence-electron chi connectivity index (χ1n) is 6.83. The Bertz CT molecular complexity index is 827. The number of nitrogens with one attached hydrogen (secondary N) is 1. The fourth-order valence-corrected chi connectivity index (χ4v) is 2.10. The second-order valence-electron chi connectivity index (χ2n) is 4.77. The number of benzene rings is 1. The summed E-state index contributed by atoms with van der Waals surface area (Å²) in [5.74, 6) is 0.698. The second kappa shape index (κ2) is 6.53. The summed E-state index contributed by atoms with van der Waals surface area (Å²) in [7, 11) is 1.77. The van der Waals surface area contributed by atoms with Crippen LogP contribution in [0, 0.1) is 0 Å². The van der Waals surface area contributed by atoms with Gasteiger partial charge in [-0.05, 0) is 18.2 Å². The number of halogens is 1. The number of amides is 1. The fraction of sp³-hybridized carbons (Fsp3) is 0.133. The number of hydrogen-bond acceptors (Lipinski definition) is 4. The molecule has 7 nitrogen and oxygen atoms in total. The summed E-state index contributed by atoms with van der Waals surface area (Å²) in [5.41, 5.74) is 0.276. The summed E-state index contributed by atoms with van der Waals surface area (Å²) < 4.78 is 8.67. The van der Waals surface area contributed by atoms with Gasteiger partial charge in [-0.2, -0.15) is 10.2 Å². The summed E-state index contributed by atoms with van der Waals surface area (Å²) in [6.07, 6.45) is 3.40. The van der Waals surface area contributed by atoms with Crippen LogP contribution >= 0.6 is 11.6 Å². The van der Waals surface area contributed by atoms with Gasteiger partial charge in [0.25, 0.3) is 5.91 Å². The van der Waals surface area contributed by atoms with Gasteiger partial charge in [-0.3, -0.25) is 9.48 Å². The Morgan fingerprint density at radius 3 is 2.78 bits per heavy atom. The average molecular weight is 332 g/mol. The molecule has 23 heavy (non-hydrogen) atoms. The van der Waals surface area contributed by atoms with Crippen LogP contribution in [0.25, 0.3) is 0 Å². The normalized spacial score (nSPS) is 10.5. The summed E-state index contributed by atoms with van der Waals surface area (Å²) in [6.45, 7) is 0.153. The number of aryl methyl sites for hydroxylation is 1. The number of anilines is 1. The lowest BCUT2D eigenvalue weighted by atomic mass is 10.3. The Kier molecular flexibility index (Phi) is 4.29. The Hall–Kier alpha value is -2.80. The number of carbonyl (C=O) groups excluding carboxylic acids is 1. The lowest BCUT2D eigenvalue weighted by molar-refractivity contribution is 0.102. The molecule has 0 unspecified atom stereocenters. The molecule has 0 bridgehead atoms. The Labute approximate surface area is 137 Å². The monoisotopic (exact) mass is 331 g/mol. The zero-order valence-corrected chi connectivity index (χ0v) is 13.1. The maximum Gasteiger partial charge on any atom is 0.277 e. The third-order valence-electron chi connectivity index (χ3n) is 3.02. The van der Waals surface area contributed by atoms with Crippen molar-refractivity contribution in [3.05, 3.63) is 59.5 Å². The van der Waals surface area contributed by atoms with Crippen LogP contribution in [0.2, 0.25) is 5.02 Å². The Morgan fingerprint density at radius 2 is 2.04 bits per heavy atom. The van der Waals surface area contributed by atoms with Crippen molar-refractivity contribution >= 4 is 23.3 Å². The molecule has 0 radical (unpaired) electrons. The Morgan fingerprint density at radius 1 is 1.22 bits per heavy atom. The van der Waals surface area contributed by atoms with Gasteiger partial charge in [-0.25, -0.2) is 4.68 Å². The van der Waals surface area contributed by atoms with E-state index in [1.165, 1.54) is 4.68 Å². The second-order valence-corrected chi connectivity index (χ2v) is 5.18. The van der Waals surface area contributed by atoms with Crippen molar-refractivity contribution in [2.24, 2.45) is 7.05 Å². The lowest BCUT2D eigenvalue weighted by Crippen LogP contribution is -2.14. The van der Waals surface area contributed by atoms with E-state index in [1.807, 2.05) is 12.1 Å². The number of carbonyl (C=O) groups is 1. The minimum absolute atomic E-state index is 0.153. The average Bonchev–Trinajstić information content (AvgIpc) is 3.16. The van der Waals surface area contributed by atoms with Crippen LogP contribution in [0.3, 0.4) is 0 Å². The molecular weight excluding hydrogens is 318 g/mol. The van der Waals surface area contributed by atoms with Crippen LogP contribution in [-0.2, 0) is 13.8 Å². The third kappa shape index (κ3) is 3.70. The summed E-state index contributed by atoms with van der Waals surface area (Å²) >= 11 is 6.01. The molecule has 0 saturated heterocycles. The molecule has 0 atom stereocenters. The highest BCUT2D eigenvalue weighted by atomic mass is 35.5. The summed E-state index contributed by atoms with van der Waals surface area (Å²) in [5, 5.41) is 11.4. The molecule has 118 valence electrons. The number of ether oxygens (including phenoxy) is 1. The van der Waals surface area contributed by atoms with E-state index < -0.39 is 0 Å². The van der Waals surface area contributed by atoms with Crippen LogP contribution in [-0.4, -0.2) is 25.5 Å². The van der Waals surface area contributed by atoms with E-state index in [9.17, 15) is 4.79 Å². The van der Waals surface area contributed by atoms with E-state index >= 15 is 0 Å². The molecule has 1 N–H and O–H groups in total. The molecule has 1 amide bonds. The van der Waals surface area contributed by atoms with Crippen LogP contribution in [0.1, 0.15) is 10.5 Å². The van der Waals surface area contributed by atoms with Crippen LogP contribution in [0.4, 0.5) is 5.82 Å². The molecule has 3 rings (SSSR count). The van der Waals surface area contributed by atoms with Gasteiger partial charge < -0.3 is 10.1 Å². The third-order valence-corrected chi connectivity index (χ3v) is 3.33. The van der Waals surface area contributed by atoms with Gasteiger partial charge in [0.05, 0.1) is 5.02 Å². The fourth-order valence-electron chi connectivity index (χ4n) is 1.91. The minimum atomic E-state index is -0.333. The number of para-hydroxylation sites is 1. The highest BCUT2D eigenvalue weighted by Gasteiger charge is 2.11. The first kappa shape index (κ1) is 15.1. The van der Waals surface area contributed by atoms with Gasteiger partial charge in [0.2, 0.25) is 0 Å². The van der Waals surface area contributed by atoms with Gasteiger partial charge in [-0.15, -0.1) is 0 Å². The highest BCUT2D eigenvalue weighted by molar-refractivity contribution is 6.32. The summed E-state index contributed by atoms with van der Waals surface area (Å²) in [6, 6.07) is 10.5. The Balaban J connectivity index is 1.61. The molecule has 0 saturated carbocycles. The molecule has 1 aromatic carbocycles. The van der Waals surface area contributed by atoms with Gasteiger partial charge in [0.1, 0.15) is 5.75 Å². The van der Waals surface area contributed by atoms with Crippen molar-refractivity contribution < 1.29 is 9.53 Å². The number of hydrogen-bond donors (Lipinski definition) is 1. The first-order chi connectivity index (χ1) is 11.1. The molecule has 2 heterocycles. The van der Waals surface area contributed by atoms with Crippen molar-refractivity contribution in [1.29, 1.82) is 0 Å². The molecule has 0 fully saturated rings. The minimum Gasteiger partial charge on any atom is -0.470 e. The van der Waals surface area contributed by atoms with Gasteiger partial charge in [0, 0.05) is 25.5 Å². The van der Waals surface area contributed by atoms with E-state index in [-0.39, 0.29) is 18.3 Å². The molecule has 8 heteroatoms. The highest BCUT2D eigenvalue weighted by Crippen LogP contribution is 2.23. The van der Waals surface area contributed by atoms with E-state index in [0.29, 0.717) is 16.6 Å². The smallest absolute Gasteiger partial charge is 0.277 e. The predicted molar refractivity (Wildman–Crippen MR) is 85.5 cm³/mol. The maximum absolute atomic E-state index is 12.1. The predicted octanol–water partition coefficient (Wildman–Crippen LogP) is 2.56. The van der Waals surface area contributed by atoms with Crippen LogP contribution in [0.15, 0.2) is 48.8 Å². The topological polar surface area (TPSA) is 74.0 Å². The van der Waals surface area contributed by atoms with E-state index in [1.54, 1.807) is 48.4 Å². The standard InChI is InChI=1S/C15H14ClN5O2/c1-20-8-7-14(19-20)17-15(22)12-6-9-21(18-12)10-23-13-5-3-2-4-11(13)16/h2-9H,10H2,1H3,(H,17,19,22). The molecule has 0 aliphatic heterocycles. The van der Waals surface area contributed by atoms with E-state index in [4.69, 9.17) is 16.3 Å². The molecule has 3 aromatic rings. The quantitative estimate of drug-likeness (QED) is 0.779.